The zero-order valence-corrected chi connectivity index (χ0v) is 22.7. The molecule has 2 aromatic rings. The van der Waals surface area contributed by atoms with Gasteiger partial charge in [-0.3, -0.25) is 14.4 Å². The Labute approximate surface area is 224 Å². The van der Waals surface area contributed by atoms with E-state index in [0.717, 1.165) is 21.6 Å². The number of carbonyl (C=O) groups excluding carboxylic acids is 3. The molecular weight excluding hydrogens is 482 g/mol. The number of hydrogen-bond acceptors (Lipinski definition) is 4. The molecule has 2 aromatic carbocycles. The molecule has 3 rings (SSSR count). The Balaban J connectivity index is 1.78. The molecule has 0 aliphatic carbocycles. The number of hydrogen-bond donors (Lipinski definition) is 2. The molecule has 2 N–H and O–H groups in total. The first-order valence-corrected chi connectivity index (χ1v) is 12.9. The Kier molecular flexibility index (Phi) is 9.09. The van der Waals surface area contributed by atoms with Crippen molar-refractivity contribution >= 4 is 36.0 Å². The van der Waals surface area contributed by atoms with E-state index in [0.29, 0.717) is 0 Å². The van der Waals surface area contributed by atoms with Crippen molar-refractivity contribution in [3.8, 4) is 0 Å². The molecule has 1 aliphatic heterocycles. The largest absolute Gasteiger partial charge is 0.481 e. The number of benzene rings is 2. The normalized spacial score (nSPS) is 16.8. The Hall–Kier alpha value is -3.94. The second-order valence-electron chi connectivity index (χ2n) is 10.7. The summed E-state index contributed by atoms with van der Waals surface area (Å²) in [6.45, 7) is 8.97. The van der Waals surface area contributed by atoms with Gasteiger partial charge in [0, 0.05) is 12.6 Å². The molecule has 8 heteroatoms. The SMILES string of the molecule is CC(C)CC(C(=O)NC(C)CC(=O)O)N1C(=O)N(Cc2ccc(C=Cc3ccccc3)cc2)C(C)(C)C1=O. The van der Waals surface area contributed by atoms with Gasteiger partial charge >= 0.3 is 12.0 Å². The van der Waals surface area contributed by atoms with Gasteiger partial charge in [0.05, 0.1) is 6.42 Å². The number of urea groups is 1. The van der Waals surface area contributed by atoms with E-state index in [2.05, 4.69) is 5.32 Å². The van der Waals surface area contributed by atoms with E-state index in [1.165, 1.54) is 4.90 Å². The minimum absolute atomic E-state index is 0.0229. The topological polar surface area (TPSA) is 107 Å². The van der Waals surface area contributed by atoms with Gasteiger partial charge in [-0.05, 0) is 49.8 Å². The Morgan fingerprint density at radius 2 is 1.53 bits per heavy atom. The van der Waals surface area contributed by atoms with Crippen LogP contribution >= 0.6 is 0 Å². The maximum absolute atomic E-state index is 13.6. The maximum atomic E-state index is 13.6. The molecule has 202 valence electrons. The molecule has 4 amide bonds. The molecule has 2 unspecified atom stereocenters. The van der Waals surface area contributed by atoms with Gasteiger partial charge in [0.2, 0.25) is 5.91 Å². The number of imide groups is 1. The highest BCUT2D eigenvalue weighted by Gasteiger charge is 2.54. The van der Waals surface area contributed by atoms with E-state index >= 15 is 0 Å². The summed E-state index contributed by atoms with van der Waals surface area (Å²) in [6, 6.07) is 15.5. The fraction of sp³-hybridized carbons (Fsp3) is 0.400. The standard InChI is InChI=1S/C30H37N3O5/c1-20(2)17-25(27(36)31-21(3)18-26(34)35)33-28(37)30(4,5)32(29(33)38)19-24-15-13-23(14-16-24)12-11-22-9-7-6-8-10-22/h6-16,20-21,25H,17-19H2,1-5H3,(H,31,36)(H,34,35). The number of carboxylic acid groups (broad SMARTS) is 1. The lowest BCUT2D eigenvalue weighted by Gasteiger charge is -2.28. The van der Waals surface area contributed by atoms with Crippen LogP contribution in [0.4, 0.5) is 4.79 Å². The highest BCUT2D eigenvalue weighted by molar-refractivity contribution is 6.09. The number of nitrogens with one attached hydrogen (secondary N) is 1. The van der Waals surface area contributed by atoms with E-state index < -0.39 is 41.4 Å². The summed E-state index contributed by atoms with van der Waals surface area (Å²) in [7, 11) is 0. The van der Waals surface area contributed by atoms with Gasteiger partial charge < -0.3 is 15.3 Å². The van der Waals surface area contributed by atoms with E-state index in [4.69, 9.17) is 5.11 Å². The van der Waals surface area contributed by atoms with E-state index in [-0.39, 0.29) is 25.3 Å². The number of carboxylic acids is 1. The third kappa shape index (κ3) is 6.88. The first-order chi connectivity index (χ1) is 17.9. The van der Waals surface area contributed by atoms with Crippen LogP contribution in [0.5, 0.6) is 0 Å². The molecule has 1 fully saturated rings. The number of rotatable bonds is 11. The Morgan fingerprint density at radius 3 is 2.08 bits per heavy atom. The van der Waals surface area contributed by atoms with E-state index in [1.54, 1.807) is 20.8 Å². The fourth-order valence-corrected chi connectivity index (χ4v) is 4.51. The zero-order valence-electron chi connectivity index (χ0n) is 22.7. The van der Waals surface area contributed by atoms with Gasteiger partial charge in [-0.2, -0.15) is 0 Å². The van der Waals surface area contributed by atoms with Gasteiger partial charge in [0.15, 0.2) is 0 Å². The third-order valence-electron chi connectivity index (χ3n) is 6.62. The first kappa shape index (κ1) is 28.6. The van der Waals surface area contributed by atoms with Crippen LogP contribution in [0.15, 0.2) is 54.6 Å². The van der Waals surface area contributed by atoms with Gasteiger partial charge in [-0.15, -0.1) is 0 Å². The molecule has 0 aromatic heterocycles. The molecule has 1 aliphatic rings. The van der Waals surface area contributed by atoms with Crippen molar-refractivity contribution in [2.24, 2.45) is 5.92 Å². The molecule has 0 saturated carbocycles. The zero-order chi connectivity index (χ0) is 28.0. The van der Waals surface area contributed by atoms with Gasteiger partial charge in [-0.1, -0.05) is 80.6 Å². The molecule has 0 radical (unpaired) electrons. The van der Waals surface area contributed by atoms with Crippen LogP contribution in [0.2, 0.25) is 0 Å². The second kappa shape index (κ2) is 12.1. The molecule has 0 spiro atoms. The molecular formula is C30H37N3O5. The van der Waals surface area contributed by atoms with E-state index in [9.17, 15) is 19.2 Å². The average Bonchev–Trinajstić information content (AvgIpc) is 3.01. The number of amides is 4. The van der Waals surface area contributed by atoms with Crippen LogP contribution in [0.25, 0.3) is 12.2 Å². The van der Waals surface area contributed by atoms with Crippen LogP contribution in [-0.2, 0) is 20.9 Å². The van der Waals surface area contributed by atoms with Gasteiger partial charge in [-0.25, -0.2) is 9.69 Å². The minimum atomic E-state index is -1.15. The fourth-order valence-electron chi connectivity index (χ4n) is 4.51. The van der Waals surface area contributed by atoms with E-state index in [1.807, 2.05) is 80.6 Å². The van der Waals surface area contributed by atoms with Crippen molar-refractivity contribution in [1.29, 1.82) is 0 Å². The molecule has 2 atom stereocenters. The smallest absolute Gasteiger partial charge is 0.328 e. The van der Waals surface area contributed by atoms with Crippen molar-refractivity contribution in [2.75, 3.05) is 0 Å². The molecule has 1 heterocycles. The summed E-state index contributed by atoms with van der Waals surface area (Å²) in [4.78, 5) is 53.8. The number of carbonyl (C=O) groups is 4. The lowest BCUT2D eigenvalue weighted by molar-refractivity contribution is -0.140. The third-order valence-corrected chi connectivity index (χ3v) is 6.62. The van der Waals surface area contributed by atoms with Crippen LogP contribution < -0.4 is 5.32 Å². The molecule has 1 saturated heterocycles. The number of aliphatic carboxylic acids is 1. The summed E-state index contributed by atoms with van der Waals surface area (Å²) in [6.07, 6.45) is 4.05. The summed E-state index contributed by atoms with van der Waals surface area (Å²) in [5, 5.41) is 11.7. The molecule has 0 bridgehead atoms. The highest BCUT2D eigenvalue weighted by Crippen LogP contribution is 2.32. The van der Waals surface area contributed by atoms with Crippen molar-refractivity contribution in [1.82, 2.24) is 15.1 Å². The van der Waals surface area contributed by atoms with Gasteiger partial charge in [0.1, 0.15) is 11.6 Å². The minimum Gasteiger partial charge on any atom is -0.481 e. The molecule has 38 heavy (non-hydrogen) atoms. The molecule has 8 nitrogen and oxygen atoms in total. The summed E-state index contributed by atoms with van der Waals surface area (Å²) < 4.78 is 0. The van der Waals surface area contributed by atoms with Crippen molar-refractivity contribution in [2.45, 2.75) is 71.6 Å². The second-order valence-corrected chi connectivity index (χ2v) is 10.7. The predicted octanol–water partition coefficient (Wildman–Crippen LogP) is 4.79. The lowest BCUT2D eigenvalue weighted by atomic mass is 9.99. The van der Waals surface area contributed by atoms with Crippen LogP contribution in [0.1, 0.15) is 64.2 Å². The summed E-state index contributed by atoms with van der Waals surface area (Å²) in [5.74, 6) is -1.99. The van der Waals surface area contributed by atoms with Crippen LogP contribution in [0.3, 0.4) is 0 Å². The van der Waals surface area contributed by atoms with Crippen molar-refractivity contribution in [3.05, 3.63) is 71.3 Å². The highest BCUT2D eigenvalue weighted by atomic mass is 16.4. The predicted molar refractivity (Wildman–Crippen MR) is 147 cm³/mol. The number of nitrogens with zero attached hydrogens (tertiary/aromatic N) is 2. The maximum Gasteiger partial charge on any atom is 0.328 e. The van der Waals surface area contributed by atoms with Crippen molar-refractivity contribution in [3.63, 3.8) is 0 Å². The summed E-state index contributed by atoms with van der Waals surface area (Å²) in [5.41, 5.74) is 1.81. The quantitative estimate of drug-likeness (QED) is 0.328. The summed E-state index contributed by atoms with van der Waals surface area (Å²) >= 11 is 0. The lowest BCUT2D eigenvalue weighted by Crippen LogP contribution is -2.53. The van der Waals surface area contributed by atoms with Crippen LogP contribution in [-0.4, -0.2) is 56.3 Å². The Bertz CT molecular complexity index is 1190. The van der Waals surface area contributed by atoms with Crippen LogP contribution in [0, 0.1) is 5.92 Å². The Morgan fingerprint density at radius 1 is 0.947 bits per heavy atom. The van der Waals surface area contributed by atoms with Gasteiger partial charge in [0.25, 0.3) is 5.91 Å². The van der Waals surface area contributed by atoms with Crippen molar-refractivity contribution < 1.29 is 24.3 Å². The monoisotopic (exact) mass is 519 g/mol. The average molecular weight is 520 g/mol. The first-order valence-electron chi connectivity index (χ1n) is 12.9.